The SMILES string of the molecule is CC(O)CC(C)Nc1ccc([N+](=O)[O-])c2cnccc12. The predicted molar refractivity (Wildman–Crippen MR) is 77.8 cm³/mol. The number of aromatic nitrogens is 1. The van der Waals surface area contributed by atoms with Crippen molar-refractivity contribution in [1.82, 2.24) is 4.98 Å². The molecular weight excluding hydrogens is 258 g/mol. The molecule has 0 spiro atoms. The van der Waals surface area contributed by atoms with E-state index in [0.29, 0.717) is 11.8 Å². The first-order valence-corrected chi connectivity index (χ1v) is 6.44. The van der Waals surface area contributed by atoms with E-state index in [2.05, 4.69) is 10.3 Å². The van der Waals surface area contributed by atoms with Crippen LogP contribution in [0.3, 0.4) is 0 Å². The lowest BCUT2D eigenvalue weighted by molar-refractivity contribution is -0.383. The van der Waals surface area contributed by atoms with E-state index in [4.69, 9.17) is 0 Å². The number of hydrogen-bond donors (Lipinski definition) is 2. The summed E-state index contributed by atoms with van der Waals surface area (Å²) in [5, 5.41) is 24.9. The van der Waals surface area contributed by atoms with Gasteiger partial charge >= 0.3 is 0 Å². The smallest absolute Gasteiger partial charge is 0.278 e. The molecule has 0 bridgehead atoms. The van der Waals surface area contributed by atoms with Crippen LogP contribution in [0.4, 0.5) is 11.4 Å². The Labute approximate surface area is 116 Å². The molecule has 0 saturated carbocycles. The zero-order valence-corrected chi connectivity index (χ0v) is 11.4. The molecule has 2 N–H and O–H groups in total. The monoisotopic (exact) mass is 275 g/mol. The van der Waals surface area contributed by atoms with Crippen LogP contribution in [0.1, 0.15) is 20.3 Å². The number of rotatable bonds is 5. The summed E-state index contributed by atoms with van der Waals surface area (Å²) in [7, 11) is 0. The molecule has 2 unspecified atom stereocenters. The van der Waals surface area contributed by atoms with Gasteiger partial charge in [0.25, 0.3) is 5.69 Å². The normalized spacial score (nSPS) is 13.9. The van der Waals surface area contributed by atoms with E-state index in [9.17, 15) is 15.2 Å². The standard InChI is InChI=1S/C14H17N3O3/c1-9(7-10(2)18)16-13-3-4-14(17(19)20)12-8-15-6-5-11(12)13/h3-6,8-10,16,18H,7H2,1-2H3. The van der Waals surface area contributed by atoms with Gasteiger partial charge in [-0.25, -0.2) is 0 Å². The number of nitro benzene ring substituents is 1. The predicted octanol–water partition coefficient (Wildman–Crippen LogP) is 2.71. The van der Waals surface area contributed by atoms with Gasteiger partial charge in [-0.05, 0) is 32.4 Å². The first-order chi connectivity index (χ1) is 9.49. The average molecular weight is 275 g/mol. The molecule has 0 amide bonds. The highest BCUT2D eigenvalue weighted by Crippen LogP contribution is 2.31. The molecule has 2 rings (SSSR count). The lowest BCUT2D eigenvalue weighted by Gasteiger charge is -2.18. The first kappa shape index (κ1) is 14.2. The molecule has 2 aromatic rings. The molecule has 20 heavy (non-hydrogen) atoms. The Bertz CT molecular complexity index is 628. The van der Waals surface area contributed by atoms with Crippen molar-refractivity contribution in [3.05, 3.63) is 40.7 Å². The highest BCUT2D eigenvalue weighted by molar-refractivity contribution is 5.99. The number of nitro groups is 1. The van der Waals surface area contributed by atoms with Gasteiger partial charge < -0.3 is 10.4 Å². The molecule has 0 saturated heterocycles. The van der Waals surface area contributed by atoms with Gasteiger partial charge in [0.2, 0.25) is 0 Å². The Hall–Kier alpha value is -2.21. The molecule has 0 radical (unpaired) electrons. The van der Waals surface area contributed by atoms with Gasteiger partial charge in [0.05, 0.1) is 16.4 Å². The summed E-state index contributed by atoms with van der Waals surface area (Å²) in [4.78, 5) is 14.6. The number of aliphatic hydroxyl groups excluding tert-OH is 1. The molecule has 0 aliphatic rings. The van der Waals surface area contributed by atoms with E-state index in [1.165, 1.54) is 12.3 Å². The van der Waals surface area contributed by atoms with Crippen LogP contribution < -0.4 is 5.32 Å². The van der Waals surface area contributed by atoms with Crippen molar-refractivity contribution in [2.24, 2.45) is 0 Å². The van der Waals surface area contributed by atoms with E-state index in [1.807, 2.05) is 6.92 Å². The summed E-state index contributed by atoms with van der Waals surface area (Å²) in [5.74, 6) is 0. The fourth-order valence-corrected chi connectivity index (χ4v) is 2.30. The van der Waals surface area contributed by atoms with Crippen LogP contribution in [0.2, 0.25) is 0 Å². The van der Waals surface area contributed by atoms with Gasteiger partial charge in [-0.2, -0.15) is 0 Å². The number of nitrogens with one attached hydrogen (secondary N) is 1. The number of nitrogens with zero attached hydrogens (tertiary/aromatic N) is 2. The van der Waals surface area contributed by atoms with Crippen LogP contribution in [-0.2, 0) is 0 Å². The van der Waals surface area contributed by atoms with Crippen molar-refractivity contribution in [2.45, 2.75) is 32.4 Å². The maximum absolute atomic E-state index is 11.0. The van der Waals surface area contributed by atoms with E-state index in [-0.39, 0.29) is 11.7 Å². The summed E-state index contributed by atoms with van der Waals surface area (Å²) < 4.78 is 0. The third-order valence-electron chi connectivity index (χ3n) is 3.09. The number of aliphatic hydroxyl groups is 1. The van der Waals surface area contributed by atoms with Crippen molar-refractivity contribution >= 4 is 22.1 Å². The second kappa shape index (κ2) is 5.83. The highest BCUT2D eigenvalue weighted by atomic mass is 16.6. The van der Waals surface area contributed by atoms with Crippen LogP contribution in [0.15, 0.2) is 30.6 Å². The number of non-ortho nitro benzene ring substituents is 1. The van der Waals surface area contributed by atoms with Gasteiger partial charge in [0.15, 0.2) is 0 Å². The molecule has 1 heterocycles. The van der Waals surface area contributed by atoms with E-state index in [0.717, 1.165) is 11.1 Å². The molecule has 2 atom stereocenters. The Morgan fingerprint density at radius 1 is 1.35 bits per heavy atom. The minimum Gasteiger partial charge on any atom is -0.393 e. The van der Waals surface area contributed by atoms with Crippen LogP contribution in [0.5, 0.6) is 0 Å². The summed E-state index contributed by atoms with van der Waals surface area (Å²) in [5.41, 5.74) is 0.850. The zero-order chi connectivity index (χ0) is 14.7. The molecular formula is C14H17N3O3. The van der Waals surface area contributed by atoms with Crippen molar-refractivity contribution in [3.63, 3.8) is 0 Å². The highest BCUT2D eigenvalue weighted by Gasteiger charge is 2.15. The Kier molecular flexibility index (Phi) is 4.14. The molecule has 6 nitrogen and oxygen atoms in total. The summed E-state index contributed by atoms with van der Waals surface area (Å²) in [6, 6.07) is 4.98. The van der Waals surface area contributed by atoms with Gasteiger partial charge in [0, 0.05) is 35.6 Å². The van der Waals surface area contributed by atoms with Crippen molar-refractivity contribution in [1.29, 1.82) is 0 Å². The van der Waals surface area contributed by atoms with Crippen LogP contribution >= 0.6 is 0 Å². The second-order valence-corrected chi connectivity index (χ2v) is 4.94. The number of hydrogen-bond acceptors (Lipinski definition) is 5. The van der Waals surface area contributed by atoms with Gasteiger partial charge in [-0.1, -0.05) is 0 Å². The van der Waals surface area contributed by atoms with E-state index >= 15 is 0 Å². The molecule has 0 fully saturated rings. The maximum atomic E-state index is 11.0. The first-order valence-electron chi connectivity index (χ1n) is 6.44. The average Bonchev–Trinajstić information content (AvgIpc) is 2.37. The molecule has 106 valence electrons. The molecule has 0 aliphatic heterocycles. The van der Waals surface area contributed by atoms with E-state index in [1.54, 1.807) is 25.3 Å². The van der Waals surface area contributed by atoms with E-state index < -0.39 is 11.0 Å². The van der Waals surface area contributed by atoms with Crippen molar-refractivity contribution in [2.75, 3.05) is 5.32 Å². The third kappa shape index (κ3) is 3.03. The summed E-state index contributed by atoms with van der Waals surface area (Å²) in [6.45, 7) is 3.69. The number of benzene rings is 1. The molecule has 0 aliphatic carbocycles. The van der Waals surface area contributed by atoms with Crippen LogP contribution in [0, 0.1) is 10.1 Å². The van der Waals surface area contributed by atoms with Gasteiger partial charge in [-0.15, -0.1) is 0 Å². The maximum Gasteiger partial charge on any atom is 0.278 e. The van der Waals surface area contributed by atoms with Crippen LogP contribution in [-0.4, -0.2) is 27.2 Å². The fourth-order valence-electron chi connectivity index (χ4n) is 2.30. The molecule has 1 aromatic carbocycles. The third-order valence-corrected chi connectivity index (χ3v) is 3.09. The van der Waals surface area contributed by atoms with Gasteiger partial charge in [-0.3, -0.25) is 15.1 Å². The van der Waals surface area contributed by atoms with Gasteiger partial charge in [0.1, 0.15) is 0 Å². The Balaban J connectivity index is 2.40. The summed E-state index contributed by atoms with van der Waals surface area (Å²) >= 11 is 0. The Morgan fingerprint density at radius 2 is 2.10 bits per heavy atom. The lowest BCUT2D eigenvalue weighted by Crippen LogP contribution is -2.20. The summed E-state index contributed by atoms with van der Waals surface area (Å²) in [6.07, 6.45) is 3.31. The molecule has 6 heteroatoms. The second-order valence-electron chi connectivity index (χ2n) is 4.94. The number of fused-ring (bicyclic) bond motifs is 1. The minimum atomic E-state index is -0.410. The minimum absolute atomic E-state index is 0.0434. The number of anilines is 1. The topological polar surface area (TPSA) is 88.3 Å². The van der Waals surface area contributed by atoms with Crippen LogP contribution in [0.25, 0.3) is 10.8 Å². The van der Waals surface area contributed by atoms with Crippen molar-refractivity contribution < 1.29 is 10.0 Å². The largest absolute Gasteiger partial charge is 0.393 e. The molecule has 1 aromatic heterocycles. The number of pyridine rings is 1. The zero-order valence-electron chi connectivity index (χ0n) is 11.4. The lowest BCUT2D eigenvalue weighted by atomic mass is 10.1. The Morgan fingerprint density at radius 3 is 2.75 bits per heavy atom. The quantitative estimate of drug-likeness (QED) is 0.647. The fraction of sp³-hybridized carbons (Fsp3) is 0.357. The van der Waals surface area contributed by atoms with Crippen molar-refractivity contribution in [3.8, 4) is 0 Å².